The van der Waals surface area contributed by atoms with Gasteiger partial charge in [-0.25, -0.2) is 0 Å². The molecule has 3 rings (SSSR count). The molecule has 0 aromatic heterocycles. The summed E-state index contributed by atoms with van der Waals surface area (Å²) in [4.78, 5) is 11.6. The largest absolute Gasteiger partial charge is 0.376 e. The second-order valence-corrected chi connectivity index (χ2v) is 4.79. The summed E-state index contributed by atoms with van der Waals surface area (Å²) in [7, 11) is 0. The Morgan fingerprint density at radius 2 is 2.28 bits per heavy atom. The minimum absolute atomic E-state index is 0.0195. The van der Waals surface area contributed by atoms with Crippen LogP contribution >= 0.6 is 0 Å². The van der Waals surface area contributed by atoms with Crippen molar-refractivity contribution in [3.63, 3.8) is 0 Å². The molecule has 96 valence electrons. The van der Waals surface area contributed by atoms with Gasteiger partial charge >= 0.3 is 0 Å². The Hall–Kier alpha value is -1.39. The molecule has 1 unspecified atom stereocenters. The zero-order valence-corrected chi connectivity index (χ0v) is 10.2. The van der Waals surface area contributed by atoms with Crippen LogP contribution in [0.3, 0.4) is 0 Å². The van der Waals surface area contributed by atoms with E-state index in [4.69, 9.17) is 9.47 Å². The number of ether oxygens (including phenoxy) is 2. The van der Waals surface area contributed by atoms with E-state index in [1.807, 2.05) is 24.3 Å². The van der Waals surface area contributed by atoms with Crippen molar-refractivity contribution in [3.05, 3.63) is 35.4 Å². The van der Waals surface area contributed by atoms with E-state index in [0.717, 1.165) is 30.6 Å². The Balaban J connectivity index is 1.69. The molecule has 1 amide bonds. The van der Waals surface area contributed by atoms with E-state index in [1.165, 1.54) is 0 Å². The highest BCUT2D eigenvalue weighted by molar-refractivity contribution is 5.81. The molecule has 0 aliphatic carbocycles. The van der Waals surface area contributed by atoms with E-state index in [2.05, 4.69) is 5.32 Å². The topological polar surface area (TPSA) is 47.6 Å². The van der Waals surface area contributed by atoms with Crippen LogP contribution in [-0.4, -0.2) is 25.2 Å². The molecule has 0 spiro atoms. The number of carbonyl (C=O) groups excluding carboxylic acids is 1. The third kappa shape index (κ3) is 2.40. The molecule has 2 aliphatic heterocycles. The first kappa shape index (κ1) is 11.7. The first-order valence-corrected chi connectivity index (χ1v) is 6.43. The summed E-state index contributed by atoms with van der Waals surface area (Å²) < 4.78 is 11.3. The van der Waals surface area contributed by atoms with Crippen molar-refractivity contribution in [2.75, 3.05) is 13.2 Å². The van der Waals surface area contributed by atoms with Gasteiger partial charge in [-0.1, -0.05) is 24.3 Å². The molecule has 2 atom stereocenters. The summed E-state index contributed by atoms with van der Waals surface area (Å²) in [5, 5.41) is 2.88. The Labute approximate surface area is 106 Å². The lowest BCUT2D eigenvalue weighted by molar-refractivity contribution is -0.127. The van der Waals surface area contributed by atoms with Crippen LogP contribution in [0.15, 0.2) is 24.3 Å². The smallest absolute Gasteiger partial charge is 0.226 e. The van der Waals surface area contributed by atoms with E-state index in [9.17, 15) is 4.79 Å². The van der Waals surface area contributed by atoms with Gasteiger partial charge in [-0.15, -0.1) is 0 Å². The molecular formula is C14H17NO3. The Kier molecular flexibility index (Phi) is 3.30. The number of carbonyl (C=O) groups is 1. The Morgan fingerprint density at radius 1 is 1.39 bits per heavy atom. The van der Waals surface area contributed by atoms with Gasteiger partial charge in [0.1, 0.15) is 0 Å². The van der Waals surface area contributed by atoms with E-state index >= 15 is 0 Å². The SMILES string of the molecule is O=C1Cc2ccccc2[C@@H](OCC2CCCO2)N1. The lowest BCUT2D eigenvalue weighted by Crippen LogP contribution is -2.37. The number of hydrogen-bond acceptors (Lipinski definition) is 3. The summed E-state index contributed by atoms with van der Waals surface area (Å²) in [6.07, 6.45) is 2.43. The highest BCUT2D eigenvalue weighted by Crippen LogP contribution is 2.25. The molecule has 2 aliphatic rings. The molecule has 1 aromatic carbocycles. The van der Waals surface area contributed by atoms with Crippen molar-refractivity contribution in [1.29, 1.82) is 0 Å². The number of benzene rings is 1. The second kappa shape index (κ2) is 5.08. The van der Waals surface area contributed by atoms with Crippen molar-refractivity contribution < 1.29 is 14.3 Å². The van der Waals surface area contributed by atoms with Crippen LogP contribution < -0.4 is 5.32 Å². The Bertz CT molecular complexity index is 440. The molecule has 1 N–H and O–H groups in total. The van der Waals surface area contributed by atoms with Crippen molar-refractivity contribution in [3.8, 4) is 0 Å². The van der Waals surface area contributed by atoms with E-state index in [0.29, 0.717) is 13.0 Å². The van der Waals surface area contributed by atoms with Crippen molar-refractivity contribution in [2.24, 2.45) is 0 Å². The third-order valence-corrected chi connectivity index (χ3v) is 3.45. The van der Waals surface area contributed by atoms with Gasteiger partial charge in [-0.3, -0.25) is 4.79 Å². The number of amides is 1. The van der Waals surface area contributed by atoms with Crippen LogP contribution in [0.25, 0.3) is 0 Å². The van der Waals surface area contributed by atoms with Gasteiger partial charge in [0.2, 0.25) is 5.91 Å². The molecule has 0 radical (unpaired) electrons. The predicted octanol–water partition coefficient (Wildman–Crippen LogP) is 1.55. The van der Waals surface area contributed by atoms with Crippen LogP contribution in [0, 0.1) is 0 Å². The zero-order valence-electron chi connectivity index (χ0n) is 10.2. The van der Waals surface area contributed by atoms with E-state index in [1.54, 1.807) is 0 Å². The van der Waals surface area contributed by atoms with Crippen LogP contribution in [0.1, 0.15) is 30.2 Å². The number of nitrogens with one attached hydrogen (secondary N) is 1. The molecule has 4 heteroatoms. The fourth-order valence-electron chi connectivity index (χ4n) is 2.51. The molecule has 18 heavy (non-hydrogen) atoms. The van der Waals surface area contributed by atoms with Crippen LogP contribution in [0.5, 0.6) is 0 Å². The highest BCUT2D eigenvalue weighted by atomic mass is 16.5. The molecule has 2 heterocycles. The maximum absolute atomic E-state index is 11.6. The first-order chi connectivity index (χ1) is 8.83. The summed E-state index contributed by atoms with van der Waals surface area (Å²) in [6, 6.07) is 7.92. The van der Waals surface area contributed by atoms with Gasteiger partial charge in [0.05, 0.1) is 19.1 Å². The molecule has 0 bridgehead atoms. The van der Waals surface area contributed by atoms with Crippen LogP contribution in [0.4, 0.5) is 0 Å². The van der Waals surface area contributed by atoms with Gasteiger partial charge in [0.15, 0.2) is 6.23 Å². The monoisotopic (exact) mass is 247 g/mol. The fourth-order valence-corrected chi connectivity index (χ4v) is 2.51. The minimum Gasteiger partial charge on any atom is -0.376 e. The predicted molar refractivity (Wildman–Crippen MR) is 66.0 cm³/mol. The quantitative estimate of drug-likeness (QED) is 0.881. The first-order valence-electron chi connectivity index (χ1n) is 6.43. The van der Waals surface area contributed by atoms with Crippen LogP contribution in [0.2, 0.25) is 0 Å². The van der Waals surface area contributed by atoms with Crippen molar-refractivity contribution in [1.82, 2.24) is 5.32 Å². The summed E-state index contributed by atoms with van der Waals surface area (Å²) in [5.41, 5.74) is 2.12. The van der Waals surface area contributed by atoms with Gasteiger partial charge in [0.25, 0.3) is 0 Å². The standard InChI is InChI=1S/C14H17NO3/c16-13-8-10-4-1-2-6-12(10)14(15-13)18-9-11-5-3-7-17-11/h1-2,4,6,11,14H,3,5,7-9H2,(H,15,16)/t11?,14-/m1/s1. The van der Waals surface area contributed by atoms with Crippen LogP contribution in [-0.2, 0) is 20.7 Å². The fraction of sp³-hybridized carbons (Fsp3) is 0.500. The third-order valence-electron chi connectivity index (χ3n) is 3.45. The molecular weight excluding hydrogens is 230 g/mol. The highest BCUT2D eigenvalue weighted by Gasteiger charge is 2.26. The molecule has 1 aromatic rings. The van der Waals surface area contributed by atoms with Crippen molar-refractivity contribution >= 4 is 5.91 Å². The Morgan fingerprint density at radius 3 is 3.11 bits per heavy atom. The zero-order chi connectivity index (χ0) is 12.4. The summed E-state index contributed by atoms with van der Waals surface area (Å²) >= 11 is 0. The lowest BCUT2D eigenvalue weighted by Gasteiger charge is -2.27. The summed E-state index contributed by atoms with van der Waals surface area (Å²) in [6.45, 7) is 1.36. The average Bonchev–Trinajstić information content (AvgIpc) is 2.89. The normalized spacial score (nSPS) is 26.8. The molecule has 1 fully saturated rings. The lowest BCUT2D eigenvalue weighted by atomic mass is 9.99. The maximum Gasteiger partial charge on any atom is 0.226 e. The molecule has 4 nitrogen and oxygen atoms in total. The number of hydrogen-bond donors (Lipinski definition) is 1. The summed E-state index contributed by atoms with van der Waals surface area (Å²) in [5.74, 6) is 0.0195. The number of rotatable bonds is 3. The molecule has 0 saturated carbocycles. The van der Waals surface area contributed by atoms with Gasteiger partial charge < -0.3 is 14.8 Å². The molecule has 1 saturated heterocycles. The maximum atomic E-state index is 11.6. The second-order valence-electron chi connectivity index (χ2n) is 4.79. The van der Waals surface area contributed by atoms with E-state index < -0.39 is 0 Å². The van der Waals surface area contributed by atoms with E-state index in [-0.39, 0.29) is 18.2 Å². The van der Waals surface area contributed by atoms with Gasteiger partial charge in [-0.05, 0) is 18.4 Å². The minimum atomic E-state index is -0.327. The van der Waals surface area contributed by atoms with Crippen molar-refractivity contribution in [2.45, 2.75) is 31.6 Å². The van der Waals surface area contributed by atoms with Gasteiger partial charge in [0, 0.05) is 12.2 Å². The number of fused-ring (bicyclic) bond motifs is 1. The van der Waals surface area contributed by atoms with Gasteiger partial charge in [-0.2, -0.15) is 0 Å². The average molecular weight is 247 g/mol.